The Hall–Kier alpha value is -2.83. The maximum Gasteiger partial charge on any atom is 0.251 e. The molecule has 140 valence electrons. The third-order valence-corrected chi connectivity index (χ3v) is 3.92. The van der Waals surface area contributed by atoms with Gasteiger partial charge in [0.1, 0.15) is 17.6 Å². The van der Waals surface area contributed by atoms with Gasteiger partial charge in [0.15, 0.2) is 0 Å². The lowest BCUT2D eigenvalue weighted by Crippen LogP contribution is -2.47. The summed E-state index contributed by atoms with van der Waals surface area (Å²) in [4.78, 5) is 25.1. The molecule has 1 atom stereocenters. The van der Waals surface area contributed by atoms with Crippen molar-refractivity contribution >= 4 is 17.6 Å². The molecule has 1 aromatic carbocycles. The molecular formula is C19H26N4O3. The zero-order valence-corrected chi connectivity index (χ0v) is 15.9. The number of anilines is 1. The summed E-state index contributed by atoms with van der Waals surface area (Å²) in [7, 11) is 1.76. The Morgan fingerprint density at radius 3 is 2.38 bits per heavy atom. The summed E-state index contributed by atoms with van der Waals surface area (Å²) in [5.41, 5.74) is 1.28. The molecule has 0 bridgehead atoms. The fourth-order valence-electron chi connectivity index (χ4n) is 2.56. The number of carbonyl (C=O) groups is 2. The normalized spacial score (nSPS) is 11.9. The summed E-state index contributed by atoms with van der Waals surface area (Å²) >= 11 is 0. The second-order valence-corrected chi connectivity index (χ2v) is 6.44. The number of hydrogen-bond acceptors (Lipinski definition) is 4. The van der Waals surface area contributed by atoms with E-state index in [0.717, 1.165) is 5.69 Å². The second kappa shape index (κ2) is 8.51. The predicted octanol–water partition coefficient (Wildman–Crippen LogP) is 2.52. The number of benzene rings is 1. The van der Waals surface area contributed by atoms with E-state index in [0.29, 0.717) is 23.7 Å². The summed E-state index contributed by atoms with van der Waals surface area (Å²) in [5.74, 6) is 0.642. The van der Waals surface area contributed by atoms with E-state index in [-0.39, 0.29) is 17.7 Å². The molecular weight excluding hydrogens is 332 g/mol. The fraction of sp³-hybridized carbons (Fsp3) is 0.421. The van der Waals surface area contributed by atoms with Crippen molar-refractivity contribution in [1.82, 2.24) is 15.1 Å². The largest absolute Gasteiger partial charge is 0.494 e. The van der Waals surface area contributed by atoms with E-state index in [1.807, 2.05) is 27.7 Å². The smallest absolute Gasteiger partial charge is 0.251 e. The van der Waals surface area contributed by atoms with Gasteiger partial charge >= 0.3 is 0 Å². The van der Waals surface area contributed by atoms with Gasteiger partial charge in [-0.1, -0.05) is 13.8 Å². The fourth-order valence-corrected chi connectivity index (χ4v) is 2.56. The molecule has 0 fully saturated rings. The van der Waals surface area contributed by atoms with Crippen molar-refractivity contribution in [1.29, 1.82) is 0 Å². The van der Waals surface area contributed by atoms with Crippen molar-refractivity contribution in [3.05, 3.63) is 41.6 Å². The van der Waals surface area contributed by atoms with Gasteiger partial charge in [-0.3, -0.25) is 14.3 Å². The topological polar surface area (TPSA) is 85.2 Å². The van der Waals surface area contributed by atoms with Crippen LogP contribution >= 0.6 is 0 Å². The molecule has 2 amide bonds. The van der Waals surface area contributed by atoms with Crippen molar-refractivity contribution in [3.8, 4) is 5.75 Å². The monoisotopic (exact) mass is 358 g/mol. The standard InChI is InChI=1S/C19H26N4O3/c1-6-26-15-9-7-14(8-10-15)18(24)21-17(12(2)3)19(25)20-16-11-13(4)22-23(16)5/h7-12,17H,6H2,1-5H3,(H,20,25)(H,21,24). The summed E-state index contributed by atoms with van der Waals surface area (Å²) in [6.45, 7) is 8.09. The van der Waals surface area contributed by atoms with Crippen LogP contribution in [0.2, 0.25) is 0 Å². The van der Waals surface area contributed by atoms with E-state index in [4.69, 9.17) is 4.74 Å². The molecule has 0 saturated heterocycles. The van der Waals surface area contributed by atoms with E-state index in [1.54, 1.807) is 42.1 Å². The van der Waals surface area contributed by atoms with Gasteiger partial charge in [-0.2, -0.15) is 5.10 Å². The van der Waals surface area contributed by atoms with Crippen LogP contribution in [-0.2, 0) is 11.8 Å². The van der Waals surface area contributed by atoms with Gasteiger partial charge in [0.05, 0.1) is 12.3 Å². The number of amides is 2. The van der Waals surface area contributed by atoms with Crippen LogP contribution in [0.25, 0.3) is 0 Å². The van der Waals surface area contributed by atoms with Crippen LogP contribution in [0.4, 0.5) is 5.82 Å². The molecule has 2 N–H and O–H groups in total. The first-order chi connectivity index (χ1) is 12.3. The third kappa shape index (κ3) is 4.84. The molecule has 0 radical (unpaired) electrons. The molecule has 2 aromatic rings. The van der Waals surface area contributed by atoms with Gasteiger partial charge in [-0.05, 0) is 44.0 Å². The summed E-state index contributed by atoms with van der Waals surface area (Å²) in [5, 5.41) is 9.83. The van der Waals surface area contributed by atoms with E-state index in [1.165, 1.54) is 0 Å². The van der Waals surface area contributed by atoms with Gasteiger partial charge in [0, 0.05) is 18.7 Å². The molecule has 0 aliphatic rings. The number of aromatic nitrogens is 2. The molecule has 0 aliphatic carbocycles. The first kappa shape index (κ1) is 19.5. The molecule has 1 unspecified atom stereocenters. The SMILES string of the molecule is CCOc1ccc(C(=O)NC(C(=O)Nc2cc(C)nn2C)C(C)C)cc1. The Bertz CT molecular complexity index is 766. The van der Waals surface area contributed by atoms with Crippen LogP contribution in [0.5, 0.6) is 5.75 Å². The van der Waals surface area contributed by atoms with Crippen molar-refractivity contribution < 1.29 is 14.3 Å². The number of carbonyl (C=O) groups excluding carboxylic acids is 2. The molecule has 0 saturated carbocycles. The minimum Gasteiger partial charge on any atom is -0.494 e. The number of rotatable bonds is 7. The van der Waals surface area contributed by atoms with Gasteiger partial charge in [-0.25, -0.2) is 0 Å². The molecule has 7 heteroatoms. The molecule has 1 aromatic heterocycles. The number of hydrogen-bond donors (Lipinski definition) is 2. The first-order valence-electron chi connectivity index (χ1n) is 8.67. The third-order valence-electron chi connectivity index (χ3n) is 3.92. The highest BCUT2D eigenvalue weighted by molar-refractivity contribution is 6.01. The van der Waals surface area contributed by atoms with E-state index in [9.17, 15) is 9.59 Å². The van der Waals surface area contributed by atoms with Gasteiger partial charge < -0.3 is 15.4 Å². The highest BCUT2D eigenvalue weighted by Gasteiger charge is 2.25. The summed E-state index contributed by atoms with van der Waals surface area (Å²) in [6, 6.07) is 7.95. The lowest BCUT2D eigenvalue weighted by Gasteiger charge is -2.21. The van der Waals surface area contributed by atoms with Crippen LogP contribution < -0.4 is 15.4 Å². The Morgan fingerprint density at radius 2 is 1.88 bits per heavy atom. The highest BCUT2D eigenvalue weighted by atomic mass is 16.5. The van der Waals surface area contributed by atoms with Crippen molar-refractivity contribution in [3.63, 3.8) is 0 Å². The van der Waals surface area contributed by atoms with Crippen molar-refractivity contribution in [2.75, 3.05) is 11.9 Å². The zero-order valence-electron chi connectivity index (χ0n) is 15.9. The second-order valence-electron chi connectivity index (χ2n) is 6.44. The van der Waals surface area contributed by atoms with Crippen molar-refractivity contribution in [2.45, 2.75) is 33.7 Å². The number of nitrogens with one attached hydrogen (secondary N) is 2. The molecule has 7 nitrogen and oxygen atoms in total. The maximum atomic E-state index is 12.6. The Balaban J connectivity index is 2.07. The maximum absolute atomic E-state index is 12.6. The van der Waals surface area contributed by atoms with Crippen LogP contribution in [0.15, 0.2) is 30.3 Å². The average Bonchev–Trinajstić information content (AvgIpc) is 2.90. The van der Waals surface area contributed by atoms with Crippen LogP contribution in [-0.4, -0.2) is 34.2 Å². The van der Waals surface area contributed by atoms with E-state index >= 15 is 0 Å². The molecule has 2 rings (SSSR count). The zero-order chi connectivity index (χ0) is 19.3. The molecule has 0 spiro atoms. The lowest BCUT2D eigenvalue weighted by atomic mass is 10.0. The van der Waals surface area contributed by atoms with Gasteiger partial charge in [0.2, 0.25) is 5.91 Å². The Labute approximate surface area is 153 Å². The van der Waals surface area contributed by atoms with Gasteiger partial charge in [-0.15, -0.1) is 0 Å². The van der Waals surface area contributed by atoms with Crippen LogP contribution in [0.1, 0.15) is 36.8 Å². The number of ether oxygens (including phenoxy) is 1. The lowest BCUT2D eigenvalue weighted by molar-refractivity contribution is -0.118. The van der Waals surface area contributed by atoms with Gasteiger partial charge in [0.25, 0.3) is 5.91 Å². The van der Waals surface area contributed by atoms with Crippen LogP contribution in [0.3, 0.4) is 0 Å². The Kier molecular flexibility index (Phi) is 6.38. The summed E-state index contributed by atoms with van der Waals surface area (Å²) < 4.78 is 6.97. The Morgan fingerprint density at radius 1 is 1.23 bits per heavy atom. The molecule has 0 aliphatic heterocycles. The predicted molar refractivity (Wildman–Crippen MR) is 100 cm³/mol. The molecule has 1 heterocycles. The summed E-state index contributed by atoms with van der Waals surface area (Å²) in [6.07, 6.45) is 0. The quantitative estimate of drug-likeness (QED) is 0.796. The molecule has 26 heavy (non-hydrogen) atoms. The number of aryl methyl sites for hydroxylation is 2. The minimum absolute atomic E-state index is 0.0732. The van der Waals surface area contributed by atoms with E-state index in [2.05, 4.69) is 15.7 Å². The van der Waals surface area contributed by atoms with E-state index < -0.39 is 6.04 Å². The van der Waals surface area contributed by atoms with Crippen LogP contribution in [0, 0.1) is 12.8 Å². The minimum atomic E-state index is -0.663. The number of nitrogens with zero attached hydrogens (tertiary/aromatic N) is 2. The first-order valence-corrected chi connectivity index (χ1v) is 8.67. The highest BCUT2D eigenvalue weighted by Crippen LogP contribution is 2.14. The van der Waals surface area contributed by atoms with Crippen molar-refractivity contribution in [2.24, 2.45) is 13.0 Å². The average molecular weight is 358 g/mol.